The van der Waals surface area contributed by atoms with Gasteiger partial charge >= 0.3 is 0 Å². The Bertz CT molecular complexity index is 417. The van der Waals surface area contributed by atoms with E-state index in [1.54, 1.807) is 14.0 Å². The summed E-state index contributed by atoms with van der Waals surface area (Å²) in [5, 5.41) is 4.06. The van der Waals surface area contributed by atoms with Crippen molar-refractivity contribution in [2.75, 3.05) is 13.7 Å². The Morgan fingerprint density at radius 1 is 1.58 bits per heavy atom. The fourth-order valence-electron chi connectivity index (χ4n) is 2.68. The predicted molar refractivity (Wildman–Crippen MR) is 70.6 cm³/mol. The third kappa shape index (κ3) is 4.14. The number of likely N-dealkylation sites (tertiary alicyclic amines) is 1. The standard InChI is InChI=1S/C14H22N2O3/c1-11(17)7-13-5-3-4-6-16(13)9-12-8-14(10-18-2)19-15-12/h8,13H,3-7,9-10H2,1-2H3. The van der Waals surface area contributed by atoms with E-state index in [0.717, 1.165) is 31.0 Å². The summed E-state index contributed by atoms with van der Waals surface area (Å²) in [5.41, 5.74) is 0.919. The molecule has 0 bridgehead atoms. The SMILES string of the molecule is COCc1cc(CN2CCCCC2CC(C)=O)no1. The van der Waals surface area contributed by atoms with Gasteiger partial charge in [-0.05, 0) is 26.3 Å². The molecule has 1 aliphatic rings. The van der Waals surface area contributed by atoms with Crippen molar-refractivity contribution < 1.29 is 14.1 Å². The van der Waals surface area contributed by atoms with Gasteiger partial charge in [0.2, 0.25) is 0 Å². The van der Waals surface area contributed by atoms with Crippen molar-refractivity contribution in [2.24, 2.45) is 0 Å². The van der Waals surface area contributed by atoms with Crippen LogP contribution in [0.5, 0.6) is 0 Å². The van der Waals surface area contributed by atoms with Gasteiger partial charge in [0.15, 0.2) is 5.76 Å². The largest absolute Gasteiger partial charge is 0.377 e. The van der Waals surface area contributed by atoms with E-state index in [2.05, 4.69) is 10.1 Å². The first-order valence-electron chi connectivity index (χ1n) is 6.86. The maximum atomic E-state index is 11.3. The lowest BCUT2D eigenvalue weighted by Gasteiger charge is -2.34. The fraction of sp³-hybridized carbons (Fsp3) is 0.714. The Balaban J connectivity index is 1.95. The molecule has 5 heteroatoms. The number of ether oxygens (including phenoxy) is 1. The minimum absolute atomic E-state index is 0.261. The topological polar surface area (TPSA) is 55.6 Å². The number of Topliss-reactive ketones (excluding diaryl/α,β-unsaturated/α-hetero) is 1. The lowest BCUT2D eigenvalue weighted by atomic mass is 9.97. The predicted octanol–water partition coefficient (Wildman–Crippen LogP) is 2.15. The van der Waals surface area contributed by atoms with Crippen molar-refractivity contribution in [3.63, 3.8) is 0 Å². The van der Waals surface area contributed by atoms with E-state index in [0.29, 0.717) is 19.1 Å². The van der Waals surface area contributed by atoms with E-state index in [9.17, 15) is 4.79 Å². The Kier molecular flexibility index (Phi) is 5.10. The van der Waals surface area contributed by atoms with E-state index < -0.39 is 0 Å². The molecule has 0 N–H and O–H groups in total. The molecule has 1 unspecified atom stereocenters. The molecule has 0 aliphatic carbocycles. The monoisotopic (exact) mass is 266 g/mol. The molecule has 2 rings (SSSR count). The van der Waals surface area contributed by atoms with E-state index in [4.69, 9.17) is 9.26 Å². The third-order valence-corrected chi connectivity index (χ3v) is 3.53. The number of rotatable bonds is 6. The normalized spacial score (nSPS) is 20.6. The fourth-order valence-corrected chi connectivity index (χ4v) is 2.68. The molecule has 0 spiro atoms. The van der Waals surface area contributed by atoms with Crippen LogP contribution in [0, 0.1) is 0 Å². The molecule has 0 radical (unpaired) electrons. The third-order valence-electron chi connectivity index (χ3n) is 3.53. The molecule has 1 aliphatic heterocycles. The van der Waals surface area contributed by atoms with Gasteiger partial charge in [-0.25, -0.2) is 0 Å². The molecular weight excluding hydrogens is 244 g/mol. The highest BCUT2D eigenvalue weighted by Gasteiger charge is 2.24. The first-order valence-corrected chi connectivity index (χ1v) is 6.86. The summed E-state index contributed by atoms with van der Waals surface area (Å²) in [6.07, 6.45) is 4.14. The van der Waals surface area contributed by atoms with Crippen molar-refractivity contribution in [3.05, 3.63) is 17.5 Å². The van der Waals surface area contributed by atoms with Crippen molar-refractivity contribution in [1.82, 2.24) is 10.1 Å². The first kappa shape index (κ1) is 14.2. The van der Waals surface area contributed by atoms with Crippen LogP contribution in [0.15, 0.2) is 10.6 Å². The van der Waals surface area contributed by atoms with Gasteiger partial charge in [0, 0.05) is 32.2 Å². The van der Waals surface area contributed by atoms with Crippen LogP contribution in [0.25, 0.3) is 0 Å². The molecular formula is C14H22N2O3. The molecule has 5 nitrogen and oxygen atoms in total. The van der Waals surface area contributed by atoms with Gasteiger partial charge < -0.3 is 9.26 Å². The molecule has 1 atom stereocenters. The number of carbonyl (C=O) groups is 1. The van der Waals surface area contributed by atoms with Crippen LogP contribution in [0.4, 0.5) is 0 Å². The van der Waals surface area contributed by atoms with Gasteiger partial charge in [-0.15, -0.1) is 0 Å². The van der Waals surface area contributed by atoms with Crippen LogP contribution in [0.2, 0.25) is 0 Å². The highest BCUT2D eigenvalue weighted by atomic mass is 16.5. The van der Waals surface area contributed by atoms with E-state index >= 15 is 0 Å². The van der Waals surface area contributed by atoms with Gasteiger partial charge in [0.1, 0.15) is 12.4 Å². The molecule has 0 amide bonds. The summed E-state index contributed by atoms with van der Waals surface area (Å²) >= 11 is 0. The van der Waals surface area contributed by atoms with Gasteiger partial charge in [0.25, 0.3) is 0 Å². The van der Waals surface area contributed by atoms with Crippen molar-refractivity contribution in [1.29, 1.82) is 0 Å². The Labute approximate surface area is 113 Å². The molecule has 1 aromatic rings. The number of hydrogen-bond acceptors (Lipinski definition) is 5. The second-order valence-electron chi connectivity index (χ2n) is 5.24. The van der Waals surface area contributed by atoms with E-state index in [1.165, 1.54) is 12.8 Å². The molecule has 19 heavy (non-hydrogen) atoms. The molecule has 2 heterocycles. The summed E-state index contributed by atoms with van der Waals surface area (Å²) in [7, 11) is 1.63. The molecule has 1 aromatic heterocycles. The Morgan fingerprint density at radius 2 is 2.42 bits per heavy atom. The summed E-state index contributed by atoms with van der Waals surface area (Å²) < 4.78 is 10.2. The van der Waals surface area contributed by atoms with E-state index in [1.807, 2.05) is 6.07 Å². The second-order valence-corrected chi connectivity index (χ2v) is 5.24. The average molecular weight is 266 g/mol. The number of ketones is 1. The zero-order valence-electron chi connectivity index (χ0n) is 11.7. The smallest absolute Gasteiger partial charge is 0.162 e. The molecule has 106 valence electrons. The maximum absolute atomic E-state index is 11.3. The quantitative estimate of drug-likeness (QED) is 0.789. The molecule has 0 saturated carbocycles. The molecule has 1 fully saturated rings. The summed E-state index contributed by atoms with van der Waals surface area (Å²) in [6, 6.07) is 2.29. The van der Waals surface area contributed by atoms with Crippen molar-refractivity contribution in [2.45, 2.75) is 51.8 Å². The first-order chi connectivity index (χ1) is 9.19. The zero-order valence-corrected chi connectivity index (χ0v) is 11.7. The Hall–Kier alpha value is -1.20. The number of aromatic nitrogens is 1. The lowest BCUT2D eigenvalue weighted by molar-refractivity contribution is -0.118. The minimum Gasteiger partial charge on any atom is -0.377 e. The highest BCUT2D eigenvalue weighted by molar-refractivity contribution is 5.76. The maximum Gasteiger partial charge on any atom is 0.162 e. The van der Waals surface area contributed by atoms with Gasteiger partial charge in [-0.2, -0.15) is 0 Å². The van der Waals surface area contributed by atoms with Crippen molar-refractivity contribution in [3.8, 4) is 0 Å². The van der Waals surface area contributed by atoms with Crippen LogP contribution in [-0.4, -0.2) is 35.5 Å². The van der Waals surface area contributed by atoms with Gasteiger partial charge in [0.05, 0.1) is 5.69 Å². The van der Waals surface area contributed by atoms with Crippen molar-refractivity contribution >= 4 is 5.78 Å². The van der Waals surface area contributed by atoms with Crippen LogP contribution >= 0.6 is 0 Å². The minimum atomic E-state index is 0.261. The van der Waals surface area contributed by atoms with Gasteiger partial charge in [-0.3, -0.25) is 9.69 Å². The number of methoxy groups -OCH3 is 1. The average Bonchev–Trinajstić information content (AvgIpc) is 2.79. The van der Waals surface area contributed by atoms with Crippen LogP contribution in [0.1, 0.15) is 44.1 Å². The summed E-state index contributed by atoms with van der Waals surface area (Å²) in [5.74, 6) is 1.01. The highest BCUT2D eigenvalue weighted by Crippen LogP contribution is 2.22. The second kappa shape index (κ2) is 6.82. The number of nitrogens with zero attached hydrogens (tertiary/aromatic N) is 2. The van der Waals surface area contributed by atoms with Crippen LogP contribution < -0.4 is 0 Å². The van der Waals surface area contributed by atoms with Crippen LogP contribution in [-0.2, 0) is 22.7 Å². The zero-order chi connectivity index (χ0) is 13.7. The summed E-state index contributed by atoms with van der Waals surface area (Å²) in [6.45, 7) is 3.90. The van der Waals surface area contributed by atoms with Gasteiger partial charge in [-0.1, -0.05) is 11.6 Å². The Morgan fingerprint density at radius 3 is 3.16 bits per heavy atom. The number of carbonyl (C=O) groups excluding carboxylic acids is 1. The molecule has 1 saturated heterocycles. The molecule has 0 aromatic carbocycles. The number of piperidine rings is 1. The lowest BCUT2D eigenvalue weighted by Crippen LogP contribution is -2.40. The van der Waals surface area contributed by atoms with Crippen LogP contribution in [0.3, 0.4) is 0 Å². The number of hydrogen-bond donors (Lipinski definition) is 0. The summed E-state index contributed by atoms with van der Waals surface area (Å²) in [4.78, 5) is 13.7. The van der Waals surface area contributed by atoms with E-state index in [-0.39, 0.29) is 5.78 Å².